The second kappa shape index (κ2) is 6.97. The molecule has 114 valence electrons. The van der Waals surface area contributed by atoms with Crippen LogP contribution in [-0.4, -0.2) is 25.5 Å². The predicted molar refractivity (Wildman–Crippen MR) is 81.0 cm³/mol. The van der Waals surface area contributed by atoms with Gasteiger partial charge >= 0.3 is 0 Å². The highest BCUT2D eigenvalue weighted by Crippen LogP contribution is 2.28. The minimum absolute atomic E-state index is 0.0970. The van der Waals surface area contributed by atoms with Gasteiger partial charge in [-0.2, -0.15) is 0 Å². The first kappa shape index (κ1) is 15.2. The van der Waals surface area contributed by atoms with Crippen molar-refractivity contribution < 1.29 is 14.3 Å². The number of hydrogen-bond acceptors (Lipinski definition) is 4. The monoisotopic (exact) mass is 291 g/mol. The van der Waals surface area contributed by atoms with E-state index in [0.29, 0.717) is 36.5 Å². The molecule has 1 aliphatic carbocycles. The summed E-state index contributed by atoms with van der Waals surface area (Å²) in [5.41, 5.74) is 6.89. The van der Waals surface area contributed by atoms with Crippen molar-refractivity contribution in [2.75, 3.05) is 24.7 Å². The van der Waals surface area contributed by atoms with E-state index in [1.54, 1.807) is 25.3 Å². The minimum Gasteiger partial charge on any atom is -0.495 e. The molecule has 1 aromatic carbocycles. The van der Waals surface area contributed by atoms with E-state index < -0.39 is 0 Å². The van der Waals surface area contributed by atoms with Gasteiger partial charge in [0, 0.05) is 24.6 Å². The molecule has 21 heavy (non-hydrogen) atoms. The van der Waals surface area contributed by atoms with Crippen molar-refractivity contribution in [2.45, 2.75) is 25.7 Å². The van der Waals surface area contributed by atoms with Crippen molar-refractivity contribution in [1.29, 1.82) is 0 Å². The van der Waals surface area contributed by atoms with E-state index in [1.807, 2.05) is 0 Å². The van der Waals surface area contributed by atoms with E-state index >= 15 is 0 Å². The van der Waals surface area contributed by atoms with Crippen molar-refractivity contribution >= 4 is 23.2 Å². The number of nitrogens with one attached hydrogen (secondary N) is 2. The van der Waals surface area contributed by atoms with Gasteiger partial charge in [-0.1, -0.05) is 0 Å². The van der Waals surface area contributed by atoms with Crippen LogP contribution in [0.25, 0.3) is 0 Å². The Bertz CT molecular complexity index is 527. The molecule has 1 aromatic rings. The lowest BCUT2D eigenvalue weighted by atomic mass is 10.2. The molecule has 2 rings (SSSR count). The van der Waals surface area contributed by atoms with Crippen molar-refractivity contribution in [3.8, 4) is 5.75 Å². The van der Waals surface area contributed by atoms with Crippen LogP contribution in [0.1, 0.15) is 25.7 Å². The van der Waals surface area contributed by atoms with Crippen molar-refractivity contribution in [3.05, 3.63) is 18.2 Å². The minimum atomic E-state index is -0.0970. The number of benzene rings is 1. The van der Waals surface area contributed by atoms with Crippen LogP contribution in [-0.2, 0) is 9.59 Å². The molecule has 0 unspecified atom stereocenters. The summed E-state index contributed by atoms with van der Waals surface area (Å²) < 4.78 is 5.05. The highest BCUT2D eigenvalue weighted by Gasteiger charge is 2.28. The summed E-state index contributed by atoms with van der Waals surface area (Å²) in [6, 6.07) is 5.11. The third-order valence-corrected chi connectivity index (χ3v) is 3.34. The predicted octanol–water partition coefficient (Wildman–Crippen LogP) is 1.52. The van der Waals surface area contributed by atoms with E-state index in [9.17, 15) is 9.59 Å². The molecule has 4 N–H and O–H groups in total. The second-order valence-corrected chi connectivity index (χ2v) is 5.17. The first-order chi connectivity index (χ1) is 10.1. The SMILES string of the molecule is COc1ccc(NC(=O)CCCNC(=O)C2CC2)cc1N. The maximum atomic E-state index is 11.8. The normalized spacial score (nSPS) is 13.6. The molecule has 1 saturated carbocycles. The lowest BCUT2D eigenvalue weighted by molar-refractivity contribution is -0.122. The van der Waals surface area contributed by atoms with Gasteiger partial charge in [-0.15, -0.1) is 0 Å². The zero-order chi connectivity index (χ0) is 15.2. The zero-order valence-electron chi connectivity index (χ0n) is 12.1. The Morgan fingerprint density at radius 1 is 1.38 bits per heavy atom. The van der Waals surface area contributed by atoms with Crippen LogP contribution >= 0.6 is 0 Å². The van der Waals surface area contributed by atoms with Gasteiger partial charge in [-0.3, -0.25) is 9.59 Å². The van der Waals surface area contributed by atoms with Gasteiger partial charge in [0.2, 0.25) is 11.8 Å². The number of ether oxygens (including phenoxy) is 1. The average molecular weight is 291 g/mol. The molecule has 0 atom stereocenters. The third-order valence-electron chi connectivity index (χ3n) is 3.34. The zero-order valence-corrected chi connectivity index (χ0v) is 12.1. The third kappa shape index (κ3) is 4.66. The van der Waals surface area contributed by atoms with Gasteiger partial charge in [-0.25, -0.2) is 0 Å². The van der Waals surface area contributed by atoms with Gasteiger partial charge in [-0.05, 0) is 37.5 Å². The van der Waals surface area contributed by atoms with E-state index in [-0.39, 0.29) is 17.7 Å². The molecule has 1 aliphatic rings. The molecule has 0 saturated heterocycles. The number of rotatable bonds is 7. The first-order valence-electron chi connectivity index (χ1n) is 7.11. The lowest BCUT2D eigenvalue weighted by Gasteiger charge is -2.09. The highest BCUT2D eigenvalue weighted by molar-refractivity contribution is 5.91. The molecule has 0 aromatic heterocycles. The summed E-state index contributed by atoms with van der Waals surface area (Å²) in [7, 11) is 1.54. The fraction of sp³-hybridized carbons (Fsp3) is 0.467. The molecule has 2 amide bonds. The van der Waals surface area contributed by atoms with Gasteiger partial charge < -0.3 is 21.1 Å². The van der Waals surface area contributed by atoms with Crippen LogP contribution in [0.3, 0.4) is 0 Å². The maximum Gasteiger partial charge on any atom is 0.224 e. The number of hydrogen-bond donors (Lipinski definition) is 3. The summed E-state index contributed by atoms with van der Waals surface area (Å²) in [5.74, 6) is 0.801. The van der Waals surface area contributed by atoms with Crippen molar-refractivity contribution in [2.24, 2.45) is 5.92 Å². The number of amides is 2. The van der Waals surface area contributed by atoms with Gasteiger partial charge in [0.15, 0.2) is 0 Å². The number of methoxy groups -OCH3 is 1. The second-order valence-electron chi connectivity index (χ2n) is 5.17. The molecule has 0 aliphatic heterocycles. The average Bonchev–Trinajstić information content (AvgIpc) is 3.28. The Hall–Kier alpha value is -2.24. The quantitative estimate of drug-likeness (QED) is 0.524. The summed E-state index contributed by atoms with van der Waals surface area (Å²) in [5, 5.41) is 5.60. The maximum absolute atomic E-state index is 11.8. The summed E-state index contributed by atoms with van der Waals surface area (Å²) in [6.45, 7) is 0.535. The van der Waals surface area contributed by atoms with Crippen LogP contribution in [0.2, 0.25) is 0 Å². The topological polar surface area (TPSA) is 93.5 Å². The number of anilines is 2. The molecule has 0 heterocycles. The van der Waals surface area contributed by atoms with Crippen LogP contribution in [0.4, 0.5) is 11.4 Å². The molecular weight excluding hydrogens is 270 g/mol. The van der Waals surface area contributed by atoms with Crippen LogP contribution in [0.15, 0.2) is 18.2 Å². The molecule has 1 fully saturated rings. The Labute approximate surface area is 124 Å². The van der Waals surface area contributed by atoms with Gasteiger partial charge in [0.25, 0.3) is 0 Å². The van der Waals surface area contributed by atoms with Gasteiger partial charge in [0.1, 0.15) is 5.75 Å². The summed E-state index contributed by atoms with van der Waals surface area (Å²) in [4.78, 5) is 23.2. The fourth-order valence-electron chi connectivity index (χ4n) is 1.99. The largest absolute Gasteiger partial charge is 0.495 e. The number of carbonyl (C=O) groups is 2. The lowest BCUT2D eigenvalue weighted by Crippen LogP contribution is -2.26. The van der Waals surface area contributed by atoms with Crippen molar-refractivity contribution in [3.63, 3.8) is 0 Å². The Morgan fingerprint density at radius 3 is 2.76 bits per heavy atom. The highest BCUT2D eigenvalue weighted by atomic mass is 16.5. The molecular formula is C15H21N3O3. The molecule has 0 spiro atoms. The van der Waals surface area contributed by atoms with Gasteiger partial charge in [0.05, 0.1) is 12.8 Å². The Kier molecular flexibility index (Phi) is 5.03. The molecule has 6 heteroatoms. The number of nitrogen functional groups attached to an aromatic ring is 1. The first-order valence-corrected chi connectivity index (χ1v) is 7.11. The molecule has 0 bridgehead atoms. The van der Waals surface area contributed by atoms with Crippen LogP contribution in [0.5, 0.6) is 5.75 Å². The fourth-order valence-corrected chi connectivity index (χ4v) is 1.99. The van der Waals surface area contributed by atoms with E-state index in [1.165, 1.54) is 0 Å². The van der Waals surface area contributed by atoms with E-state index in [2.05, 4.69) is 10.6 Å². The number of nitrogens with two attached hydrogens (primary N) is 1. The number of carbonyl (C=O) groups excluding carboxylic acids is 2. The van der Waals surface area contributed by atoms with E-state index in [0.717, 1.165) is 12.8 Å². The molecule has 6 nitrogen and oxygen atoms in total. The van der Waals surface area contributed by atoms with Crippen LogP contribution < -0.4 is 21.1 Å². The Balaban J connectivity index is 1.68. The summed E-state index contributed by atoms with van der Waals surface area (Å²) in [6.07, 6.45) is 2.96. The standard InChI is InChI=1S/C15H21N3O3/c1-21-13-7-6-11(9-12(13)16)18-14(19)3-2-8-17-15(20)10-4-5-10/h6-7,9-10H,2-5,8,16H2,1H3,(H,17,20)(H,18,19). The summed E-state index contributed by atoms with van der Waals surface area (Å²) >= 11 is 0. The Morgan fingerprint density at radius 2 is 2.14 bits per heavy atom. The smallest absolute Gasteiger partial charge is 0.224 e. The van der Waals surface area contributed by atoms with E-state index in [4.69, 9.17) is 10.5 Å². The van der Waals surface area contributed by atoms with Crippen molar-refractivity contribution in [1.82, 2.24) is 5.32 Å². The molecule has 0 radical (unpaired) electrons. The van der Waals surface area contributed by atoms with Crippen LogP contribution in [0, 0.1) is 5.92 Å².